The highest BCUT2D eigenvalue weighted by Crippen LogP contribution is 2.53. The maximum absolute atomic E-state index is 9.69. The second kappa shape index (κ2) is 4.50. The van der Waals surface area contributed by atoms with Crippen LogP contribution in [0.4, 0.5) is 0 Å². The predicted molar refractivity (Wildman–Crippen MR) is 78.3 cm³/mol. The minimum Gasteiger partial charge on any atom is -0.420 e. The average Bonchev–Trinajstić information content (AvgIpc) is 2.78. The molecule has 1 aromatic heterocycles. The lowest BCUT2D eigenvalue weighted by molar-refractivity contribution is 0.0888. The molecule has 2 aliphatic rings. The van der Waals surface area contributed by atoms with Crippen molar-refractivity contribution < 1.29 is 4.74 Å². The molecule has 1 saturated heterocycles. The first-order valence-corrected chi connectivity index (χ1v) is 7.25. The summed E-state index contributed by atoms with van der Waals surface area (Å²) >= 11 is 0. The molecule has 6 nitrogen and oxygen atoms in total. The molecule has 112 valence electrons. The zero-order valence-electron chi connectivity index (χ0n) is 12.9. The van der Waals surface area contributed by atoms with Gasteiger partial charge in [-0.25, -0.2) is 0 Å². The van der Waals surface area contributed by atoms with Crippen LogP contribution in [-0.2, 0) is 5.41 Å². The minimum absolute atomic E-state index is 0.195. The first-order chi connectivity index (χ1) is 9.91. The van der Waals surface area contributed by atoms with Crippen LogP contribution in [0.2, 0.25) is 0 Å². The Morgan fingerprint density at radius 1 is 1.52 bits per heavy atom. The van der Waals surface area contributed by atoms with Crippen LogP contribution in [0.15, 0.2) is 11.5 Å². The summed E-state index contributed by atoms with van der Waals surface area (Å²) in [5, 5.41) is 16.9. The summed E-state index contributed by atoms with van der Waals surface area (Å²) in [5.41, 5.74) is 8.12. The summed E-state index contributed by atoms with van der Waals surface area (Å²) in [5.74, 6) is 0.971. The normalized spacial score (nSPS) is 32.7. The van der Waals surface area contributed by atoms with Gasteiger partial charge >= 0.3 is 0 Å². The summed E-state index contributed by atoms with van der Waals surface area (Å²) in [6.45, 7) is 7.24. The third-order valence-corrected chi connectivity index (χ3v) is 5.14. The SMILES string of the molecule is Cc1[nH]nc2c1[C@]1(C[C@@H](C)N(C)C[C@H]1C)C(C#N)=C(N)O2. The van der Waals surface area contributed by atoms with E-state index in [1.54, 1.807) is 0 Å². The summed E-state index contributed by atoms with van der Waals surface area (Å²) in [6.07, 6.45) is 0.838. The molecule has 0 aromatic carbocycles. The van der Waals surface area contributed by atoms with Gasteiger partial charge in [-0.15, -0.1) is 5.10 Å². The Kier molecular flexibility index (Phi) is 2.99. The molecule has 21 heavy (non-hydrogen) atoms. The van der Waals surface area contributed by atoms with Crippen molar-refractivity contribution in [3.05, 3.63) is 22.7 Å². The molecule has 3 heterocycles. The van der Waals surface area contributed by atoms with Crippen LogP contribution in [0.3, 0.4) is 0 Å². The molecule has 1 aromatic rings. The van der Waals surface area contributed by atoms with Gasteiger partial charge in [-0.2, -0.15) is 5.26 Å². The largest absolute Gasteiger partial charge is 0.420 e. The first-order valence-electron chi connectivity index (χ1n) is 7.25. The molecular weight excluding hydrogens is 266 g/mol. The Labute approximate surface area is 124 Å². The zero-order chi connectivity index (χ0) is 15.4. The highest BCUT2D eigenvalue weighted by molar-refractivity contribution is 5.55. The van der Waals surface area contributed by atoms with Crippen molar-refractivity contribution in [3.8, 4) is 11.9 Å². The van der Waals surface area contributed by atoms with Gasteiger partial charge < -0.3 is 15.4 Å². The van der Waals surface area contributed by atoms with Crippen molar-refractivity contribution in [1.29, 1.82) is 5.26 Å². The molecule has 0 unspecified atom stereocenters. The van der Waals surface area contributed by atoms with Gasteiger partial charge in [0.05, 0.1) is 0 Å². The fraction of sp³-hybridized carbons (Fsp3) is 0.600. The maximum atomic E-state index is 9.69. The van der Waals surface area contributed by atoms with Crippen LogP contribution in [-0.4, -0.2) is 34.7 Å². The molecule has 0 radical (unpaired) electrons. The average molecular weight is 287 g/mol. The van der Waals surface area contributed by atoms with Crippen molar-refractivity contribution in [3.63, 3.8) is 0 Å². The molecule has 1 spiro atoms. The van der Waals surface area contributed by atoms with E-state index in [1.807, 2.05) is 6.92 Å². The monoisotopic (exact) mass is 287 g/mol. The molecule has 1 fully saturated rings. The number of hydrogen-bond donors (Lipinski definition) is 2. The van der Waals surface area contributed by atoms with E-state index in [9.17, 15) is 5.26 Å². The number of nitrogens with two attached hydrogens (primary N) is 1. The first kappa shape index (κ1) is 14.0. The number of aryl methyl sites for hydroxylation is 1. The Balaban J connectivity index is 2.26. The number of nitrogens with one attached hydrogen (secondary N) is 1. The number of allylic oxidation sites excluding steroid dienone is 1. The lowest BCUT2D eigenvalue weighted by atomic mass is 9.60. The smallest absolute Gasteiger partial charge is 0.244 e. The number of aromatic nitrogens is 2. The van der Waals surface area contributed by atoms with Crippen LogP contribution in [0, 0.1) is 24.2 Å². The van der Waals surface area contributed by atoms with E-state index in [0.29, 0.717) is 17.5 Å². The van der Waals surface area contributed by atoms with Crippen molar-refractivity contribution in [2.24, 2.45) is 11.7 Å². The number of ether oxygens (including phenoxy) is 1. The van der Waals surface area contributed by atoms with E-state index in [0.717, 1.165) is 24.2 Å². The van der Waals surface area contributed by atoms with Gasteiger partial charge in [0.1, 0.15) is 11.6 Å². The molecule has 6 heteroatoms. The molecule has 3 N–H and O–H groups in total. The maximum Gasteiger partial charge on any atom is 0.244 e. The fourth-order valence-electron chi connectivity index (χ4n) is 3.95. The van der Waals surface area contributed by atoms with E-state index >= 15 is 0 Å². The Hall–Kier alpha value is -2.00. The molecule has 3 atom stereocenters. The lowest BCUT2D eigenvalue weighted by Crippen LogP contribution is -2.54. The van der Waals surface area contributed by atoms with Gasteiger partial charge in [0.15, 0.2) is 0 Å². The van der Waals surface area contributed by atoms with Crippen LogP contribution < -0.4 is 10.5 Å². The van der Waals surface area contributed by atoms with E-state index < -0.39 is 5.41 Å². The molecule has 0 saturated carbocycles. The van der Waals surface area contributed by atoms with E-state index in [1.165, 1.54) is 0 Å². The zero-order valence-corrected chi connectivity index (χ0v) is 12.9. The van der Waals surface area contributed by atoms with Crippen LogP contribution in [0.1, 0.15) is 31.5 Å². The van der Waals surface area contributed by atoms with Gasteiger partial charge in [-0.1, -0.05) is 6.92 Å². The van der Waals surface area contributed by atoms with Crippen LogP contribution in [0.5, 0.6) is 5.88 Å². The summed E-state index contributed by atoms with van der Waals surface area (Å²) in [4.78, 5) is 2.33. The van der Waals surface area contributed by atoms with Crippen molar-refractivity contribution in [2.75, 3.05) is 13.6 Å². The van der Waals surface area contributed by atoms with Gasteiger partial charge in [0.2, 0.25) is 11.8 Å². The van der Waals surface area contributed by atoms with Crippen molar-refractivity contribution in [1.82, 2.24) is 15.1 Å². The predicted octanol–water partition coefficient (Wildman–Crippen LogP) is 1.40. The van der Waals surface area contributed by atoms with E-state index in [-0.39, 0.29) is 11.8 Å². The van der Waals surface area contributed by atoms with Crippen LogP contribution in [0.25, 0.3) is 0 Å². The molecular formula is C15H21N5O. The summed E-state index contributed by atoms with van der Waals surface area (Å²) in [7, 11) is 2.12. The second-order valence-corrected chi connectivity index (χ2v) is 6.35. The molecule has 3 rings (SSSR count). The molecule has 0 amide bonds. The topological polar surface area (TPSA) is 91.0 Å². The lowest BCUT2D eigenvalue weighted by Gasteiger charge is -2.50. The Morgan fingerprint density at radius 3 is 2.90 bits per heavy atom. The number of rotatable bonds is 0. The van der Waals surface area contributed by atoms with Gasteiger partial charge in [0.25, 0.3) is 0 Å². The number of nitrogens with zero attached hydrogens (tertiary/aromatic N) is 3. The number of H-pyrrole nitrogens is 1. The number of aromatic amines is 1. The Bertz CT molecular complexity index is 656. The van der Waals surface area contributed by atoms with Crippen molar-refractivity contribution >= 4 is 0 Å². The number of nitriles is 1. The minimum atomic E-state index is -0.407. The van der Waals surface area contributed by atoms with Crippen LogP contribution >= 0.6 is 0 Å². The van der Waals surface area contributed by atoms with Gasteiger partial charge in [-0.05, 0) is 33.2 Å². The third-order valence-electron chi connectivity index (χ3n) is 5.14. The number of fused-ring (bicyclic) bond motifs is 2. The number of piperidine rings is 1. The highest BCUT2D eigenvalue weighted by Gasteiger charge is 2.53. The number of hydrogen-bond acceptors (Lipinski definition) is 5. The highest BCUT2D eigenvalue weighted by atomic mass is 16.5. The van der Waals surface area contributed by atoms with Crippen molar-refractivity contribution in [2.45, 2.75) is 38.6 Å². The van der Waals surface area contributed by atoms with Gasteiger partial charge in [-0.3, -0.25) is 5.10 Å². The third kappa shape index (κ3) is 1.70. The number of likely N-dealkylation sites (tertiary alicyclic amines) is 1. The summed E-state index contributed by atoms with van der Waals surface area (Å²) in [6, 6.07) is 2.67. The van der Waals surface area contributed by atoms with Gasteiger partial charge in [0, 0.05) is 29.3 Å². The standard InChI is InChI=1S/C15H21N5O/c1-8-7-20(4)9(2)5-15(8)11(6-16)13(17)21-14-12(15)10(3)18-19-14/h8-9H,5,7,17H2,1-4H3,(H,18,19)/t8-,9-,15+/m1/s1. The van der Waals surface area contributed by atoms with E-state index in [2.05, 4.69) is 42.1 Å². The quantitative estimate of drug-likeness (QED) is 0.752. The molecule has 0 aliphatic carbocycles. The fourth-order valence-corrected chi connectivity index (χ4v) is 3.95. The molecule has 0 bridgehead atoms. The second-order valence-electron chi connectivity index (χ2n) is 6.35. The Morgan fingerprint density at radius 2 is 2.24 bits per heavy atom. The molecule has 2 aliphatic heterocycles. The van der Waals surface area contributed by atoms with E-state index in [4.69, 9.17) is 10.5 Å². The summed E-state index contributed by atoms with van der Waals surface area (Å²) < 4.78 is 5.57.